The molecule has 0 amide bonds. The molecule has 0 saturated heterocycles. The van der Waals surface area contributed by atoms with Gasteiger partial charge >= 0.3 is 6.18 Å². The molecule has 0 aliphatic heterocycles. The van der Waals surface area contributed by atoms with E-state index in [0.29, 0.717) is 16.6 Å². The Morgan fingerprint density at radius 3 is 2.65 bits per heavy atom. The lowest BCUT2D eigenvalue weighted by molar-refractivity contribution is -0.137. The molecular weight excluding hydrogens is 331 g/mol. The van der Waals surface area contributed by atoms with Gasteiger partial charge in [-0.3, -0.25) is 0 Å². The summed E-state index contributed by atoms with van der Waals surface area (Å²) in [6.07, 6.45) is 0.0413. The molecule has 0 heterocycles. The smallest absolute Gasteiger partial charge is 0.310 e. The van der Waals surface area contributed by atoms with Gasteiger partial charge in [0.25, 0.3) is 0 Å². The fraction of sp³-hybridized carbons (Fsp3) is 0.467. The number of alkyl halides is 3. The molecule has 0 spiro atoms. The molecule has 112 valence electrons. The van der Waals surface area contributed by atoms with Gasteiger partial charge in [-0.2, -0.15) is 13.2 Å². The summed E-state index contributed by atoms with van der Waals surface area (Å²) < 4.78 is 39.1. The Balaban J connectivity index is 3.01. The van der Waals surface area contributed by atoms with Crippen molar-refractivity contribution in [2.24, 2.45) is 0 Å². The third-order valence-electron chi connectivity index (χ3n) is 3.05. The van der Waals surface area contributed by atoms with Gasteiger partial charge in [-0.25, -0.2) is 0 Å². The van der Waals surface area contributed by atoms with E-state index in [9.17, 15) is 13.2 Å². The molecular formula is C15H19BrF3N. The number of rotatable bonds is 7. The van der Waals surface area contributed by atoms with Crippen molar-refractivity contribution in [2.45, 2.75) is 38.4 Å². The minimum absolute atomic E-state index is 0.0865. The second-order valence-corrected chi connectivity index (χ2v) is 5.42. The largest absolute Gasteiger partial charge is 0.416 e. The number of unbranched alkanes of at least 4 members (excludes halogenated alkanes) is 1. The van der Waals surface area contributed by atoms with Crippen molar-refractivity contribution in [2.75, 3.05) is 6.54 Å². The first-order valence-electron chi connectivity index (χ1n) is 6.61. The van der Waals surface area contributed by atoms with Gasteiger partial charge in [-0.05, 0) is 49.6 Å². The Bertz CT molecular complexity index is 443. The summed E-state index contributed by atoms with van der Waals surface area (Å²) in [5.41, 5.74) is 0.0491. The highest BCUT2D eigenvalue weighted by molar-refractivity contribution is 9.10. The van der Waals surface area contributed by atoms with Crippen LogP contribution in [0.15, 0.2) is 35.3 Å². The molecule has 1 aromatic rings. The first-order chi connectivity index (χ1) is 9.40. The van der Waals surface area contributed by atoms with Crippen molar-refractivity contribution < 1.29 is 13.2 Å². The van der Waals surface area contributed by atoms with Crippen LogP contribution in [0.1, 0.15) is 43.4 Å². The van der Waals surface area contributed by atoms with Gasteiger partial charge in [-0.15, -0.1) is 6.58 Å². The molecule has 1 atom stereocenters. The van der Waals surface area contributed by atoms with Gasteiger partial charge in [-0.1, -0.05) is 28.9 Å². The van der Waals surface area contributed by atoms with Crippen LogP contribution >= 0.6 is 15.9 Å². The SMILES string of the molecule is C=CCCCC(NCC)c1cc(C(F)(F)F)ccc1Br. The van der Waals surface area contributed by atoms with Gasteiger partial charge in [0, 0.05) is 10.5 Å². The number of nitrogens with one attached hydrogen (secondary N) is 1. The molecule has 20 heavy (non-hydrogen) atoms. The molecule has 0 saturated carbocycles. The molecule has 1 rings (SSSR count). The summed E-state index contributed by atoms with van der Waals surface area (Å²) >= 11 is 3.35. The van der Waals surface area contributed by atoms with Gasteiger partial charge in [0.15, 0.2) is 0 Å². The fourth-order valence-electron chi connectivity index (χ4n) is 2.07. The Labute approximate surface area is 126 Å². The van der Waals surface area contributed by atoms with Crippen molar-refractivity contribution >= 4 is 15.9 Å². The minimum atomic E-state index is -4.31. The van der Waals surface area contributed by atoms with E-state index in [2.05, 4.69) is 27.8 Å². The summed E-state index contributed by atoms with van der Waals surface area (Å²) in [5, 5.41) is 3.25. The molecule has 1 N–H and O–H groups in total. The lowest BCUT2D eigenvalue weighted by Crippen LogP contribution is -2.22. The molecule has 1 unspecified atom stereocenters. The number of hydrogen-bond donors (Lipinski definition) is 1. The van der Waals surface area contributed by atoms with E-state index < -0.39 is 11.7 Å². The van der Waals surface area contributed by atoms with Gasteiger partial charge in [0.2, 0.25) is 0 Å². The quantitative estimate of drug-likeness (QED) is 0.508. The lowest BCUT2D eigenvalue weighted by atomic mass is 9.98. The van der Waals surface area contributed by atoms with Crippen LogP contribution in [0.5, 0.6) is 0 Å². The molecule has 0 aliphatic carbocycles. The second-order valence-electron chi connectivity index (χ2n) is 4.56. The monoisotopic (exact) mass is 349 g/mol. The molecule has 1 nitrogen and oxygen atoms in total. The summed E-state index contributed by atoms with van der Waals surface area (Å²) in [6, 6.07) is 3.71. The van der Waals surface area contributed by atoms with Crippen molar-refractivity contribution in [3.05, 3.63) is 46.5 Å². The third-order valence-corrected chi connectivity index (χ3v) is 3.77. The van der Waals surface area contributed by atoms with Gasteiger partial charge in [0.05, 0.1) is 5.56 Å². The number of halogens is 4. The molecule has 0 aromatic heterocycles. The van der Waals surface area contributed by atoms with E-state index in [0.717, 1.165) is 25.3 Å². The van der Waals surface area contributed by atoms with Crippen molar-refractivity contribution in [3.63, 3.8) is 0 Å². The second kappa shape index (κ2) is 7.84. The van der Waals surface area contributed by atoms with Crippen LogP contribution in [-0.2, 0) is 6.18 Å². The van der Waals surface area contributed by atoms with Crippen molar-refractivity contribution in [1.29, 1.82) is 0 Å². The molecule has 0 fully saturated rings. The van der Waals surface area contributed by atoms with Gasteiger partial charge < -0.3 is 5.32 Å². The Morgan fingerprint density at radius 2 is 2.10 bits per heavy atom. The van der Waals surface area contributed by atoms with Crippen LogP contribution in [0, 0.1) is 0 Å². The Morgan fingerprint density at radius 1 is 1.40 bits per heavy atom. The number of hydrogen-bond acceptors (Lipinski definition) is 1. The highest BCUT2D eigenvalue weighted by atomic mass is 79.9. The first-order valence-corrected chi connectivity index (χ1v) is 7.40. The van der Waals surface area contributed by atoms with Crippen molar-refractivity contribution in [1.82, 2.24) is 5.32 Å². The highest BCUT2D eigenvalue weighted by Gasteiger charge is 2.31. The van der Waals surface area contributed by atoms with Crippen LogP contribution < -0.4 is 5.32 Å². The predicted octanol–water partition coefficient (Wildman–Crippen LogP) is 5.47. The van der Waals surface area contributed by atoms with E-state index in [1.165, 1.54) is 12.1 Å². The Kier molecular flexibility index (Phi) is 6.76. The van der Waals surface area contributed by atoms with Crippen LogP contribution in [0.25, 0.3) is 0 Å². The van der Waals surface area contributed by atoms with E-state index >= 15 is 0 Å². The standard InChI is InChI=1S/C15H19BrF3N/c1-3-5-6-7-14(20-4-2)12-10-11(15(17,18)19)8-9-13(12)16/h3,8-10,14,20H,1,4-7H2,2H3. The van der Waals surface area contributed by atoms with E-state index in [4.69, 9.17) is 0 Å². The maximum atomic E-state index is 12.8. The zero-order valence-electron chi connectivity index (χ0n) is 11.4. The number of benzene rings is 1. The average molecular weight is 350 g/mol. The van der Waals surface area contributed by atoms with E-state index in [1.807, 2.05) is 13.0 Å². The van der Waals surface area contributed by atoms with Gasteiger partial charge in [0.1, 0.15) is 0 Å². The van der Waals surface area contributed by atoms with Crippen LogP contribution in [0.3, 0.4) is 0 Å². The topological polar surface area (TPSA) is 12.0 Å². The lowest BCUT2D eigenvalue weighted by Gasteiger charge is -2.21. The number of allylic oxidation sites excluding steroid dienone is 1. The highest BCUT2D eigenvalue weighted by Crippen LogP contribution is 2.35. The van der Waals surface area contributed by atoms with E-state index in [1.54, 1.807) is 0 Å². The molecule has 5 heteroatoms. The summed E-state index contributed by atoms with van der Waals surface area (Å²) in [4.78, 5) is 0. The Hall–Kier alpha value is -0.810. The molecule has 1 aromatic carbocycles. The maximum absolute atomic E-state index is 12.8. The summed E-state index contributed by atoms with van der Waals surface area (Å²) in [5.74, 6) is 0. The summed E-state index contributed by atoms with van der Waals surface area (Å²) in [7, 11) is 0. The zero-order valence-corrected chi connectivity index (χ0v) is 13.0. The maximum Gasteiger partial charge on any atom is 0.416 e. The third kappa shape index (κ3) is 4.94. The summed E-state index contributed by atoms with van der Waals surface area (Å²) in [6.45, 7) is 6.32. The average Bonchev–Trinajstić information content (AvgIpc) is 2.37. The minimum Gasteiger partial charge on any atom is -0.310 e. The molecule has 0 aliphatic rings. The molecule has 0 bridgehead atoms. The molecule has 0 radical (unpaired) electrons. The zero-order chi connectivity index (χ0) is 15.2. The van der Waals surface area contributed by atoms with Crippen LogP contribution in [0.4, 0.5) is 13.2 Å². The van der Waals surface area contributed by atoms with Crippen molar-refractivity contribution in [3.8, 4) is 0 Å². The normalized spacial score (nSPS) is 13.2. The predicted molar refractivity (Wildman–Crippen MR) is 79.6 cm³/mol. The van der Waals surface area contributed by atoms with E-state index in [-0.39, 0.29) is 6.04 Å². The first kappa shape index (κ1) is 17.2. The van der Waals surface area contributed by atoms with Crippen LogP contribution in [0.2, 0.25) is 0 Å². The fourth-order valence-corrected chi connectivity index (χ4v) is 2.59. The van der Waals surface area contributed by atoms with Crippen LogP contribution in [-0.4, -0.2) is 6.54 Å².